The van der Waals surface area contributed by atoms with Crippen LogP contribution in [0.3, 0.4) is 0 Å². The molecule has 25 heavy (non-hydrogen) atoms. The molecule has 4 nitrogen and oxygen atoms in total. The molecule has 0 unspecified atom stereocenters. The lowest BCUT2D eigenvalue weighted by atomic mass is 10.1. The molecule has 3 N–H and O–H groups in total. The summed E-state index contributed by atoms with van der Waals surface area (Å²) in [5, 5.41) is 10.6. The van der Waals surface area contributed by atoms with Gasteiger partial charge in [0.15, 0.2) is 11.6 Å². The van der Waals surface area contributed by atoms with Gasteiger partial charge in [0, 0.05) is 25.1 Å². The molecule has 1 aliphatic carbocycles. The van der Waals surface area contributed by atoms with Gasteiger partial charge in [-0.2, -0.15) is 0 Å². The Morgan fingerprint density at radius 1 is 1.20 bits per heavy atom. The summed E-state index contributed by atoms with van der Waals surface area (Å²) in [6.07, 6.45) is -1.12. The molecule has 0 amide bonds. The van der Waals surface area contributed by atoms with Gasteiger partial charge in [0.2, 0.25) is 0 Å². The molecule has 2 aromatic rings. The lowest BCUT2D eigenvalue weighted by molar-refractivity contribution is 0.0123. The first-order valence-electron chi connectivity index (χ1n) is 8.25. The lowest BCUT2D eigenvalue weighted by Crippen LogP contribution is -2.48. The van der Waals surface area contributed by atoms with E-state index in [9.17, 15) is 13.9 Å². The second-order valence-corrected chi connectivity index (χ2v) is 6.51. The molecule has 0 spiro atoms. The number of ether oxygens (including phenoxy) is 1. The molecule has 1 fully saturated rings. The summed E-state index contributed by atoms with van der Waals surface area (Å²) in [5.41, 5.74) is 7.30. The molecule has 0 saturated heterocycles. The molecule has 1 saturated carbocycles. The summed E-state index contributed by atoms with van der Waals surface area (Å²) >= 11 is 0. The van der Waals surface area contributed by atoms with Crippen molar-refractivity contribution in [1.29, 1.82) is 0 Å². The maximum absolute atomic E-state index is 13.8. The van der Waals surface area contributed by atoms with Gasteiger partial charge >= 0.3 is 0 Å². The number of aliphatic hydroxyl groups is 1. The van der Waals surface area contributed by atoms with Crippen molar-refractivity contribution in [2.24, 2.45) is 5.73 Å². The van der Waals surface area contributed by atoms with Gasteiger partial charge in [-0.1, -0.05) is 30.3 Å². The van der Waals surface area contributed by atoms with Gasteiger partial charge in [-0.25, -0.2) is 8.78 Å². The molecule has 134 valence electrons. The largest absolute Gasteiger partial charge is 0.485 e. The zero-order valence-corrected chi connectivity index (χ0v) is 14.0. The van der Waals surface area contributed by atoms with Gasteiger partial charge in [0.05, 0.1) is 6.04 Å². The number of hydrogen-bond donors (Lipinski definition) is 2. The van der Waals surface area contributed by atoms with Crippen molar-refractivity contribution in [2.45, 2.75) is 37.3 Å². The Morgan fingerprint density at radius 3 is 2.60 bits per heavy atom. The Bertz CT molecular complexity index is 714. The lowest BCUT2D eigenvalue weighted by Gasteiger charge is -2.30. The molecule has 0 radical (unpaired) electrons. The summed E-state index contributed by atoms with van der Waals surface area (Å²) in [6, 6.07) is 12.4. The van der Waals surface area contributed by atoms with Crippen LogP contribution in [0.4, 0.5) is 8.78 Å². The van der Waals surface area contributed by atoms with Crippen molar-refractivity contribution in [3.8, 4) is 5.75 Å². The maximum Gasteiger partial charge on any atom is 0.167 e. The third kappa shape index (κ3) is 3.98. The number of nitrogens with two attached hydrogens (primary N) is 1. The molecule has 3 rings (SSSR count). The number of likely N-dealkylation sites (N-methyl/N-ethyl adjacent to an activating group) is 1. The van der Waals surface area contributed by atoms with Crippen LogP contribution in [0.2, 0.25) is 0 Å². The Kier molecular flexibility index (Phi) is 5.32. The molecule has 0 aromatic heterocycles. The zero-order chi connectivity index (χ0) is 18.0. The van der Waals surface area contributed by atoms with Crippen molar-refractivity contribution < 1.29 is 18.6 Å². The summed E-state index contributed by atoms with van der Waals surface area (Å²) in [6.45, 7) is 0.633. The van der Waals surface area contributed by atoms with Gasteiger partial charge in [0.1, 0.15) is 18.0 Å². The van der Waals surface area contributed by atoms with Crippen LogP contribution in [0.25, 0.3) is 0 Å². The van der Waals surface area contributed by atoms with Crippen molar-refractivity contribution in [2.75, 3.05) is 7.05 Å². The number of benzene rings is 2. The second kappa shape index (κ2) is 7.47. The molecule has 1 aliphatic rings. The van der Waals surface area contributed by atoms with E-state index >= 15 is 0 Å². The zero-order valence-electron chi connectivity index (χ0n) is 14.0. The number of hydrogen-bond acceptors (Lipinski definition) is 4. The van der Waals surface area contributed by atoms with Crippen LogP contribution in [-0.2, 0) is 6.54 Å². The van der Waals surface area contributed by atoms with E-state index in [2.05, 4.69) is 0 Å². The molecular weight excluding hydrogens is 326 g/mol. The number of aliphatic hydroxyl groups excluding tert-OH is 1. The van der Waals surface area contributed by atoms with Crippen LogP contribution < -0.4 is 10.5 Å². The first-order chi connectivity index (χ1) is 12.0. The van der Waals surface area contributed by atoms with Crippen LogP contribution in [0.5, 0.6) is 5.75 Å². The highest BCUT2D eigenvalue weighted by Gasteiger charge is 2.44. The van der Waals surface area contributed by atoms with Crippen LogP contribution in [0, 0.1) is 11.6 Å². The van der Waals surface area contributed by atoms with E-state index < -0.39 is 23.8 Å². The van der Waals surface area contributed by atoms with Crippen molar-refractivity contribution in [3.05, 3.63) is 65.7 Å². The number of rotatable bonds is 5. The van der Waals surface area contributed by atoms with Crippen molar-refractivity contribution in [1.82, 2.24) is 4.90 Å². The van der Waals surface area contributed by atoms with Gasteiger partial charge in [-0.15, -0.1) is 0 Å². The van der Waals surface area contributed by atoms with Crippen molar-refractivity contribution in [3.63, 3.8) is 0 Å². The summed E-state index contributed by atoms with van der Waals surface area (Å²) in [5.74, 6) is -1.54. The maximum atomic E-state index is 13.8. The Morgan fingerprint density at radius 2 is 1.92 bits per heavy atom. The van der Waals surface area contributed by atoms with E-state index in [1.807, 2.05) is 42.3 Å². The fraction of sp³-hybridized carbons (Fsp3) is 0.368. The SMILES string of the molecule is CN(Cc1ccccc1)[C@@H]1[C@@H](O)[C@H](Oc2ccc(F)cc2F)C[C@H]1N. The Balaban J connectivity index is 1.69. The quantitative estimate of drug-likeness (QED) is 0.871. The van der Waals surface area contributed by atoms with Gasteiger partial charge < -0.3 is 15.6 Å². The minimum atomic E-state index is -0.867. The monoisotopic (exact) mass is 348 g/mol. The fourth-order valence-electron chi connectivity index (χ4n) is 3.44. The van der Waals surface area contributed by atoms with Gasteiger partial charge in [-0.3, -0.25) is 4.90 Å². The summed E-state index contributed by atoms with van der Waals surface area (Å²) in [4.78, 5) is 1.98. The van der Waals surface area contributed by atoms with E-state index in [0.717, 1.165) is 17.7 Å². The summed E-state index contributed by atoms with van der Waals surface area (Å²) < 4.78 is 32.4. The molecule has 0 aliphatic heterocycles. The topological polar surface area (TPSA) is 58.7 Å². The highest BCUT2D eigenvalue weighted by atomic mass is 19.1. The molecule has 6 heteroatoms. The first kappa shape index (κ1) is 17.8. The molecule has 2 aromatic carbocycles. The van der Waals surface area contributed by atoms with Gasteiger partial charge in [-0.05, 0) is 24.7 Å². The predicted octanol–water partition coefficient (Wildman–Crippen LogP) is 2.30. The molecule has 0 heterocycles. The van der Waals surface area contributed by atoms with Crippen molar-refractivity contribution >= 4 is 0 Å². The minimum absolute atomic E-state index is 0.0796. The predicted molar refractivity (Wildman–Crippen MR) is 91.1 cm³/mol. The average Bonchev–Trinajstić information content (AvgIpc) is 2.85. The Labute approximate surface area is 145 Å². The van der Waals surface area contributed by atoms with E-state index in [4.69, 9.17) is 10.5 Å². The van der Waals surface area contributed by atoms with E-state index in [-0.39, 0.29) is 17.8 Å². The van der Waals surface area contributed by atoms with Crippen LogP contribution in [-0.4, -0.2) is 41.3 Å². The van der Waals surface area contributed by atoms with Gasteiger partial charge in [0.25, 0.3) is 0 Å². The molecule has 4 atom stereocenters. The Hall–Kier alpha value is -2.02. The normalized spacial score (nSPS) is 26.2. The average molecular weight is 348 g/mol. The van der Waals surface area contributed by atoms with E-state index in [1.165, 1.54) is 6.07 Å². The highest BCUT2D eigenvalue weighted by molar-refractivity contribution is 5.25. The van der Waals surface area contributed by atoms with E-state index in [0.29, 0.717) is 13.0 Å². The standard InChI is InChI=1S/C19H22F2N2O2/c1-23(11-12-5-3-2-4-6-12)18-15(22)10-17(19(18)24)25-16-8-7-13(20)9-14(16)21/h2-9,15,17-19,24H,10-11,22H2,1H3/t15-,17-,18+,19+/m1/s1. The van der Waals surface area contributed by atoms with E-state index in [1.54, 1.807) is 0 Å². The third-order valence-electron chi connectivity index (χ3n) is 4.63. The minimum Gasteiger partial charge on any atom is -0.485 e. The van der Waals surface area contributed by atoms with Crippen LogP contribution in [0.1, 0.15) is 12.0 Å². The van der Waals surface area contributed by atoms with Crippen LogP contribution >= 0.6 is 0 Å². The second-order valence-electron chi connectivity index (χ2n) is 6.51. The number of nitrogens with zero attached hydrogens (tertiary/aromatic N) is 1. The smallest absolute Gasteiger partial charge is 0.167 e. The number of halogens is 2. The summed E-state index contributed by atoms with van der Waals surface area (Å²) in [7, 11) is 1.89. The first-order valence-corrected chi connectivity index (χ1v) is 8.25. The highest BCUT2D eigenvalue weighted by Crippen LogP contribution is 2.29. The fourth-order valence-corrected chi connectivity index (χ4v) is 3.44. The molecular formula is C19H22F2N2O2. The molecule has 0 bridgehead atoms. The third-order valence-corrected chi connectivity index (χ3v) is 4.63. The van der Waals surface area contributed by atoms with Crippen LogP contribution in [0.15, 0.2) is 48.5 Å².